The van der Waals surface area contributed by atoms with E-state index in [1.807, 2.05) is 0 Å². The van der Waals surface area contributed by atoms with Crippen molar-refractivity contribution in [3.8, 4) is 0 Å². The molecule has 0 saturated carbocycles. The second-order valence-corrected chi connectivity index (χ2v) is 16.9. The largest absolute Gasteiger partial charge is 0.480 e. The summed E-state index contributed by atoms with van der Waals surface area (Å²) >= 11 is 0. The van der Waals surface area contributed by atoms with Gasteiger partial charge in [-0.1, -0.05) is 164 Å². The van der Waals surface area contributed by atoms with Crippen molar-refractivity contribution in [2.45, 2.75) is 251 Å². The van der Waals surface area contributed by atoms with Crippen LogP contribution in [-0.4, -0.2) is 41.6 Å². The standard InChI is InChI=1S/C53H94N2O5/c1-3-5-7-9-11-13-15-17-19-20-21-22-24-26-28-30-32-37-41-47-52(57)60-49(43-38-34-31-29-27-25-23-18-16-14-12-10-8-6-4-2)44-39-35-33-36-40-46-51(56)55-50(53(58)59)45-42-48-54/h11,13,16-19,21-22,25,27,49-50H,3-10,12,14-15,20,23-24,26,28-48,54H2,1-2H3,(H,55,56)(H,58,59)/b13-11-,18-16-,19-17-,22-21-,27-25-. The average Bonchev–Trinajstić information content (AvgIpc) is 3.23. The maximum atomic E-state index is 12.9. The van der Waals surface area contributed by atoms with E-state index in [1.54, 1.807) is 0 Å². The molecule has 7 nitrogen and oxygen atoms in total. The Morgan fingerprint density at radius 2 is 0.867 bits per heavy atom. The molecule has 0 aliphatic rings. The maximum Gasteiger partial charge on any atom is 0.326 e. The third-order valence-electron chi connectivity index (χ3n) is 11.1. The molecule has 7 heteroatoms. The molecule has 0 rings (SSSR count). The molecule has 0 radical (unpaired) electrons. The number of amides is 1. The Bertz CT molecular complexity index is 1130. The van der Waals surface area contributed by atoms with E-state index in [4.69, 9.17) is 10.5 Å². The van der Waals surface area contributed by atoms with E-state index in [9.17, 15) is 19.5 Å². The van der Waals surface area contributed by atoms with Crippen LogP contribution in [0.4, 0.5) is 0 Å². The van der Waals surface area contributed by atoms with E-state index in [0.717, 1.165) is 109 Å². The van der Waals surface area contributed by atoms with Gasteiger partial charge in [0.15, 0.2) is 0 Å². The number of carbonyl (C=O) groups is 3. The molecule has 0 heterocycles. The number of carboxylic acid groups (broad SMARTS) is 1. The molecule has 1 amide bonds. The molecule has 0 bridgehead atoms. The Morgan fingerprint density at radius 3 is 1.35 bits per heavy atom. The van der Waals surface area contributed by atoms with Crippen molar-refractivity contribution in [3.63, 3.8) is 0 Å². The number of nitrogens with one attached hydrogen (secondary N) is 1. The third kappa shape index (κ3) is 43.2. The molecule has 0 aliphatic heterocycles. The van der Waals surface area contributed by atoms with Gasteiger partial charge < -0.3 is 20.9 Å². The van der Waals surface area contributed by atoms with E-state index in [-0.39, 0.29) is 18.0 Å². The molecule has 0 spiro atoms. The lowest BCUT2D eigenvalue weighted by Gasteiger charge is -2.18. The van der Waals surface area contributed by atoms with E-state index < -0.39 is 12.0 Å². The lowest BCUT2D eigenvalue weighted by atomic mass is 10.0. The number of hydrogen-bond acceptors (Lipinski definition) is 5. The van der Waals surface area contributed by atoms with Crippen LogP contribution < -0.4 is 11.1 Å². The van der Waals surface area contributed by atoms with Gasteiger partial charge in [0.2, 0.25) is 5.91 Å². The molecular formula is C53H94N2O5. The summed E-state index contributed by atoms with van der Waals surface area (Å²) in [4.78, 5) is 36.5. The SMILES string of the molecule is CCCCC/C=C\C/C=C\C/C=C\CCCCCCCCC(=O)OC(CCCCC/C=C\C/C=C\CCCCCCC)CCCCCCCC(=O)NC(CCCN)C(=O)O. The third-order valence-corrected chi connectivity index (χ3v) is 11.1. The topological polar surface area (TPSA) is 119 Å². The zero-order valence-corrected chi connectivity index (χ0v) is 39.0. The van der Waals surface area contributed by atoms with E-state index in [2.05, 4.69) is 79.9 Å². The summed E-state index contributed by atoms with van der Waals surface area (Å²) in [6.45, 7) is 4.91. The van der Waals surface area contributed by atoms with Gasteiger partial charge in [-0.15, -0.1) is 0 Å². The first kappa shape index (κ1) is 57.1. The van der Waals surface area contributed by atoms with Gasteiger partial charge in [0.05, 0.1) is 0 Å². The van der Waals surface area contributed by atoms with Crippen LogP contribution in [0.2, 0.25) is 0 Å². The Hall–Kier alpha value is -2.93. The van der Waals surface area contributed by atoms with Gasteiger partial charge in [-0.3, -0.25) is 9.59 Å². The highest BCUT2D eigenvalue weighted by Gasteiger charge is 2.19. The fraction of sp³-hybridized carbons (Fsp3) is 0.755. The summed E-state index contributed by atoms with van der Waals surface area (Å²) in [7, 11) is 0. The smallest absolute Gasteiger partial charge is 0.326 e. The number of carboxylic acids is 1. The number of hydrogen-bond donors (Lipinski definition) is 3. The molecule has 4 N–H and O–H groups in total. The van der Waals surface area contributed by atoms with Gasteiger partial charge in [-0.25, -0.2) is 4.79 Å². The van der Waals surface area contributed by atoms with Crippen LogP contribution in [0.3, 0.4) is 0 Å². The summed E-state index contributed by atoms with van der Waals surface area (Å²) in [5.41, 5.74) is 5.50. The van der Waals surface area contributed by atoms with Crippen LogP contribution >= 0.6 is 0 Å². The number of rotatable bonds is 45. The zero-order valence-electron chi connectivity index (χ0n) is 39.0. The number of carbonyl (C=O) groups excluding carboxylic acids is 2. The summed E-state index contributed by atoms with van der Waals surface area (Å²) in [5, 5.41) is 12.0. The van der Waals surface area contributed by atoms with Gasteiger partial charge in [0, 0.05) is 12.8 Å². The van der Waals surface area contributed by atoms with Gasteiger partial charge in [0.1, 0.15) is 12.1 Å². The predicted octanol–water partition coefficient (Wildman–Crippen LogP) is 14.9. The molecule has 0 fully saturated rings. The highest BCUT2D eigenvalue weighted by Crippen LogP contribution is 2.18. The van der Waals surface area contributed by atoms with Crippen LogP contribution in [0, 0.1) is 0 Å². The number of esters is 1. The van der Waals surface area contributed by atoms with Crippen LogP contribution in [-0.2, 0) is 19.1 Å². The fourth-order valence-corrected chi connectivity index (χ4v) is 7.25. The lowest BCUT2D eigenvalue weighted by Crippen LogP contribution is -2.40. The first-order chi connectivity index (χ1) is 29.4. The Morgan fingerprint density at radius 1 is 0.483 bits per heavy atom. The molecule has 0 aliphatic carbocycles. The number of ether oxygens (including phenoxy) is 1. The Kier molecular flexibility index (Phi) is 44.8. The molecule has 0 saturated heterocycles. The number of unbranched alkanes of at least 4 members (excludes halogenated alkanes) is 21. The maximum absolute atomic E-state index is 12.9. The monoisotopic (exact) mass is 839 g/mol. The van der Waals surface area contributed by atoms with Crippen molar-refractivity contribution in [2.75, 3.05) is 6.54 Å². The number of aliphatic carboxylic acids is 1. The first-order valence-corrected chi connectivity index (χ1v) is 25.1. The summed E-state index contributed by atoms with van der Waals surface area (Å²) in [5.74, 6) is -1.26. The number of nitrogens with two attached hydrogens (primary N) is 1. The highest BCUT2D eigenvalue weighted by atomic mass is 16.5. The first-order valence-electron chi connectivity index (χ1n) is 25.1. The van der Waals surface area contributed by atoms with Crippen molar-refractivity contribution < 1.29 is 24.2 Å². The summed E-state index contributed by atoms with van der Waals surface area (Å²) in [6, 6.07) is -0.863. The van der Waals surface area contributed by atoms with Gasteiger partial charge in [0.25, 0.3) is 0 Å². The molecule has 60 heavy (non-hydrogen) atoms. The Labute approximate surface area is 370 Å². The second-order valence-electron chi connectivity index (χ2n) is 16.9. The molecule has 0 aromatic heterocycles. The normalized spacial score (nSPS) is 13.1. The van der Waals surface area contributed by atoms with Crippen LogP contribution in [0.5, 0.6) is 0 Å². The van der Waals surface area contributed by atoms with Crippen molar-refractivity contribution >= 4 is 17.8 Å². The molecule has 2 atom stereocenters. The minimum absolute atomic E-state index is 0.0203. The molecule has 0 aromatic carbocycles. The van der Waals surface area contributed by atoms with Crippen molar-refractivity contribution in [2.24, 2.45) is 5.73 Å². The molecule has 346 valence electrons. The fourth-order valence-electron chi connectivity index (χ4n) is 7.25. The summed E-state index contributed by atoms with van der Waals surface area (Å²) < 4.78 is 6.07. The predicted molar refractivity (Wildman–Crippen MR) is 257 cm³/mol. The molecule has 2 unspecified atom stereocenters. The van der Waals surface area contributed by atoms with Crippen LogP contribution in [0.25, 0.3) is 0 Å². The van der Waals surface area contributed by atoms with Crippen molar-refractivity contribution in [1.82, 2.24) is 5.32 Å². The van der Waals surface area contributed by atoms with E-state index >= 15 is 0 Å². The highest BCUT2D eigenvalue weighted by molar-refractivity contribution is 5.83. The molecular weight excluding hydrogens is 745 g/mol. The second kappa shape index (κ2) is 47.1. The van der Waals surface area contributed by atoms with Crippen LogP contribution in [0.1, 0.15) is 239 Å². The minimum atomic E-state index is -1.01. The quantitative estimate of drug-likeness (QED) is 0.0319. The molecule has 0 aromatic rings. The van der Waals surface area contributed by atoms with E-state index in [0.29, 0.717) is 32.2 Å². The Balaban J connectivity index is 4.39. The van der Waals surface area contributed by atoms with Crippen molar-refractivity contribution in [3.05, 3.63) is 60.8 Å². The summed E-state index contributed by atoms with van der Waals surface area (Å²) in [6.07, 6.45) is 59.8. The lowest BCUT2D eigenvalue weighted by molar-refractivity contribution is -0.150. The minimum Gasteiger partial charge on any atom is -0.480 e. The van der Waals surface area contributed by atoms with Gasteiger partial charge in [-0.2, -0.15) is 0 Å². The average molecular weight is 839 g/mol. The van der Waals surface area contributed by atoms with Crippen molar-refractivity contribution in [1.29, 1.82) is 0 Å². The zero-order chi connectivity index (χ0) is 43.8. The number of allylic oxidation sites excluding steroid dienone is 10. The van der Waals surface area contributed by atoms with Crippen LogP contribution in [0.15, 0.2) is 60.8 Å². The van der Waals surface area contributed by atoms with Gasteiger partial charge in [-0.05, 0) is 129 Å². The van der Waals surface area contributed by atoms with E-state index in [1.165, 1.54) is 89.9 Å². The van der Waals surface area contributed by atoms with Gasteiger partial charge >= 0.3 is 11.9 Å².